The zero-order chi connectivity index (χ0) is 14.0. The van der Waals surface area contributed by atoms with Crippen LogP contribution in [-0.4, -0.2) is 30.9 Å². The molecule has 1 atom stereocenters. The van der Waals surface area contributed by atoms with E-state index in [1.54, 1.807) is 4.90 Å². The first kappa shape index (κ1) is 13.8. The first-order valence-corrected chi connectivity index (χ1v) is 6.93. The summed E-state index contributed by atoms with van der Waals surface area (Å²) in [5.41, 5.74) is 2.06. The van der Waals surface area contributed by atoms with Crippen molar-refractivity contribution in [1.29, 1.82) is 0 Å². The number of carbonyl (C=O) groups excluding carboxylic acids is 1. The van der Waals surface area contributed by atoms with E-state index in [0.29, 0.717) is 12.5 Å². The van der Waals surface area contributed by atoms with Crippen molar-refractivity contribution in [1.82, 2.24) is 4.90 Å². The van der Waals surface area contributed by atoms with Crippen LogP contribution in [0, 0.1) is 5.92 Å². The summed E-state index contributed by atoms with van der Waals surface area (Å²) in [6, 6.07) is 5.93. The Hall–Kier alpha value is -1.64. The highest BCUT2D eigenvalue weighted by Gasteiger charge is 2.15. The maximum absolute atomic E-state index is 12.4. The number of para-hydroxylation sites is 1. The fourth-order valence-corrected chi connectivity index (χ4v) is 2.52. The highest BCUT2D eigenvalue weighted by atomic mass is 16.2. The van der Waals surface area contributed by atoms with Crippen LogP contribution in [0.1, 0.15) is 37.6 Å². The van der Waals surface area contributed by atoms with Crippen molar-refractivity contribution in [2.24, 2.45) is 10.9 Å². The molecule has 1 unspecified atom stereocenters. The lowest BCUT2D eigenvalue weighted by Gasteiger charge is -2.14. The average molecular weight is 258 g/mol. The molecule has 0 saturated carbocycles. The number of hydrogen-bond donors (Lipinski definition) is 0. The van der Waals surface area contributed by atoms with Crippen molar-refractivity contribution in [2.45, 2.75) is 27.2 Å². The SMILES string of the molecule is CCN(C)C(=O)c1cccc2c1=NCC(C)CC=2C. The van der Waals surface area contributed by atoms with E-state index < -0.39 is 0 Å². The molecule has 0 bridgehead atoms. The number of hydrogen-bond acceptors (Lipinski definition) is 2. The molecule has 0 aromatic heterocycles. The predicted octanol–water partition coefficient (Wildman–Crippen LogP) is 1.61. The van der Waals surface area contributed by atoms with Crippen LogP contribution >= 0.6 is 0 Å². The summed E-state index contributed by atoms with van der Waals surface area (Å²) < 4.78 is 0. The fraction of sp³-hybridized carbons (Fsp3) is 0.500. The quantitative estimate of drug-likeness (QED) is 0.793. The second kappa shape index (κ2) is 5.55. The number of nitrogens with zero attached hydrogens (tertiary/aromatic N) is 2. The Balaban J connectivity index is 2.66. The fourth-order valence-electron chi connectivity index (χ4n) is 2.52. The third kappa shape index (κ3) is 2.70. The molecule has 3 heteroatoms. The van der Waals surface area contributed by atoms with E-state index in [0.717, 1.165) is 29.1 Å². The lowest BCUT2D eigenvalue weighted by Crippen LogP contribution is -2.37. The zero-order valence-electron chi connectivity index (χ0n) is 12.2. The first-order chi connectivity index (χ1) is 9.04. The van der Waals surface area contributed by atoms with Gasteiger partial charge in [0.2, 0.25) is 0 Å². The van der Waals surface area contributed by atoms with Gasteiger partial charge < -0.3 is 4.90 Å². The molecular formula is C16H22N2O. The molecule has 0 fully saturated rings. The van der Waals surface area contributed by atoms with Crippen LogP contribution < -0.4 is 10.6 Å². The molecule has 1 heterocycles. The summed E-state index contributed by atoms with van der Waals surface area (Å²) in [4.78, 5) is 18.8. The summed E-state index contributed by atoms with van der Waals surface area (Å²) in [7, 11) is 1.83. The van der Waals surface area contributed by atoms with Crippen LogP contribution in [0.25, 0.3) is 5.57 Å². The molecule has 0 N–H and O–H groups in total. The molecule has 1 aromatic rings. The molecule has 102 valence electrons. The number of amides is 1. The van der Waals surface area contributed by atoms with Gasteiger partial charge in [-0.15, -0.1) is 0 Å². The minimum atomic E-state index is 0.0606. The van der Waals surface area contributed by atoms with Crippen LogP contribution in [0.4, 0.5) is 0 Å². The Morgan fingerprint density at radius 2 is 2.21 bits per heavy atom. The van der Waals surface area contributed by atoms with Crippen LogP contribution in [-0.2, 0) is 0 Å². The zero-order valence-corrected chi connectivity index (χ0v) is 12.2. The molecule has 3 nitrogen and oxygen atoms in total. The van der Waals surface area contributed by atoms with Gasteiger partial charge in [-0.3, -0.25) is 9.79 Å². The van der Waals surface area contributed by atoms with Gasteiger partial charge >= 0.3 is 0 Å². The van der Waals surface area contributed by atoms with E-state index in [1.165, 1.54) is 5.57 Å². The highest BCUT2D eigenvalue weighted by molar-refractivity contribution is 5.93. The second-order valence-corrected chi connectivity index (χ2v) is 5.45. The van der Waals surface area contributed by atoms with Crippen LogP contribution in [0.3, 0.4) is 0 Å². The summed E-state index contributed by atoms with van der Waals surface area (Å²) in [5.74, 6) is 0.602. The molecule has 0 saturated heterocycles. The standard InChI is InChI=1S/C16H22N2O/c1-5-18(4)16(19)14-8-6-7-13-12(3)9-11(2)10-17-15(13)14/h6-8,11H,5,9-10H2,1-4H3. The van der Waals surface area contributed by atoms with E-state index in [2.05, 4.69) is 24.9 Å². The van der Waals surface area contributed by atoms with Crippen molar-refractivity contribution in [3.8, 4) is 0 Å². The predicted molar refractivity (Wildman–Crippen MR) is 77.6 cm³/mol. The summed E-state index contributed by atoms with van der Waals surface area (Å²) >= 11 is 0. The maximum Gasteiger partial charge on any atom is 0.255 e. The first-order valence-electron chi connectivity index (χ1n) is 6.93. The van der Waals surface area contributed by atoms with Gasteiger partial charge in [0.1, 0.15) is 0 Å². The normalized spacial score (nSPS) is 18.3. The van der Waals surface area contributed by atoms with Crippen molar-refractivity contribution >= 4 is 11.5 Å². The number of benzene rings is 1. The third-order valence-electron chi connectivity index (χ3n) is 3.76. The van der Waals surface area contributed by atoms with E-state index >= 15 is 0 Å². The molecule has 0 spiro atoms. The molecule has 0 aliphatic carbocycles. The van der Waals surface area contributed by atoms with Gasteiger partial charge in [0.15, 0.2) is 0 Å². The molecule has 1 amide bonds. The Bertz CT molecular complexity index is 604. The molecule has 19 heavy (non-hydrogen) atoms. The largest absolute Gasteiger partial charge is 0.342 e. The Morgan fingerprint density at radius 3 is 2.89 bits per heavy atom. The molecule has 1 aromatic carbocycles. The van der Waals surface area contributed by atoms with Crippen molar-refractivity contribution in [3.05, 3.63) is 34.3 Å². The summed E-state index contributed by atoms with van der Waals surface area (Å²) in [6.45, 7) is 7.84. The van der Waals surface area contributed by atoms with Crippen molar-refractivity contribution in [2.75, 3.05) is 20.1 Å². The summed E-state index contributed by atoms with van der Waals surface area (Å²) in [5, 5.41) is 2.02. The average Bonchev–Trinajstić information content (AvgIpc) is 2.56. The Morgan fingerprint density at radius 1 is 1.47 bits per heavy atom. The van der Waals surface area contributed by atoms with Gasteiger partial charge in [-0.25, -0.2) is 0 Å². The van der Waals surface area contributed by atoms with Gasteiger partial charge in [-0.1, -0.05) is 24.6 Å². The maximum atomic E-state index is 12.4. The van der Waals surface area contributed by atoms with Crippen LogP contribution in [0.2, 0.25) is 0 Å². The van der Waals surface area contributed by atoms with E-state index in [4.69, 9.17) is 0 Å². The van der Waals surface area contributed by atoms with Crippen molar-refractivity contribution < 1.29 is 4.79 Å². The van der Waals surface area contributed by atoms with E-state index in [-0.39, 0.29) is 5.91 Å². The number of rotatable bonds is 2. The lowest BCUT2D eigenvalue weighted by atomic mass is 10.0. The highest BCUT2D eigenvalue weighted by Crippen LogP contribution is 2.12. The van der Waals surface area contributed by atoms with Crippen molar-refractivity contribution in [3.63, 3.8) is 0 Å². The van der Waals surface area contributed by atoms with E-state index in [9.17, 15) is 4.79 Å². The monoisotopic (exact) mass is 258 g/mol. The lowest BCUT2D eigenvalue weighted by molar-refractivity contribution is 0.0800. The van der Waals surface area contributed by atoms with Gasteiger partial charge in [-0.2, -0.15) is 0 Å². The van der Waals surface area contributed by atoms with Crippen LogP contribution in [0.15, 0.2) is 23.2 Å². The molecule has 2 rings (SSSR count). The second-order valence-electron chi connectivity index (χ2n) is 5.45. The third-order valence-corrected chi connectivity index (χ3v) is 3.76. The van der Waals surface area contributed by atoms with Gasteiger partial charge in [0.25, 0.3) is 5.91 Å². The molecule has 1 aliphatic heterocycles. The van der Waals surface area contributed by atoms with Gasteiger partial charge in [0.05, 0.1) is 10.9 Å². The summed E-state index contributed by atoms with van der Waals surface area (Å²) in [6.07, 6.45) is 1.05. The van der Waals surface area contributed by atoms with Crippen LogP contribution in [0.5, 0.6) is 0 Å². The Labute approximate surface area is 114 Å². The van der Waals surface area contributed by atoms with Gasteiger partial charge in [-0.05, 0) is 37.5 Å². The topological polar surface area (TPSA) is 32.7 Å². The Kier molecular flexibility index (Phi) is 4.03. The molecule has 0 radical (unpaired) electrons. The van der Waals surface area contributed by atoms with Gasteiger partial charge in [0, 0.05) is 20.1 Å². The van der Waals surface area contributed by atoms with E-state index in [1.807, 2.05) is 26.1 Å². The minimum Gasteiger partial charge on any atom is -0.342 e. The smallest absolute Gasteiger partial charge is 0.255 e. The molecular weight excluding hydrogens is 236 g/mol. The molecule has 1 aliphatic rings. The minimum absolute atomic E-state index is 0.0606. The number of carbonyl (C=O) groups is 1. The number of fused-ring (bicyclic) bond motifs is 1.